The Hall–Kier alpha value is -1.72. The summed E-state index contributed by atoms with van der Waals surface area (Å²) in [5, 5.41) is 15.2. The van der Waals surface area contributed by atoms with Crippen molar-refractivity contribution in [1.82, 2.24) is 35.5 Å². The molecule has 1 aliphatic heterocycles. The number of aliphatic imine (C=N–C) groups is 1. The molecule has 0 aliphatic carbocycles. The first-order chi connectivity index (χ1) is 12.6. The van der Waals surface area contributed by atoms with Gasteiger partial charge in [0.15, 0.2) is 11.8 Å². The molecule has 10 heteroatoms. The molecule has 3 heterocycles. The molecule has 0 radical (unpaired) electrons. The van der Waals surface area contributed by atoms with Gasteiger partial charge in [0.25, 0.3) is 0 Å². The van der Waals surface area contributed by atoms with Crippen LogP contribution < -0.4 is 10.6 Å². The molecule has 1 unspecified atom stereocenters. The number of halogens is 1. The normalized spacial score (nSPS) is 16.8. The van der Waals surface area contributed by atoms with Crippen LogP contribution in [0.5, 0.6) is 0 Å². The van der Waals surface area contributed by atoms with Gasteiger partial charge in [0.2, 0.25) is 5.89 Å². The van der Waals surface area contributed by atoms with E-state index in [0.717, 1.165) is 49.4 Å². The third kappa shape index (κ3) is 5.63. The third-order valence-electron chi connectivity index (χ3n) is 4.23. The Bertz CT molecular complexity index is 754. The van der Waals surface area contributed by atoms with Crippen molar-refractivity contribution >= 4 is 29.9 Å². The largest absolute Gasteiger partial charge is 0.357 e. The van der Waals surface area contributed by atoms with Crippen molar-refractivity contribution in [2.45, 2.75) is 65.5 Å². The topological polar surface area (TPSA) is 106 Å². The molecule has 0 saturated heterocycles. The summed E-state index contributed by atoms with van der Waals surface area (Å²) in [5.41, 5.74) is 0. The fraction of sp³-hybridized carbons (Fsp3) is 0.706. The molecule has 0 bridgehead atoms. The van der Waals surface area contributed by atoms with Crippen LogP contribution in [-0.2, 0) is 13.0 Å². The van der Waals surface area contributed by atoms with Crippen molar-refractivity contribution in [2.24, 2.45) is 4.99 Å². The van der Waals surface area contributed by atoms with Crippen LogP contribution in [0.15, 0.2) is 9.52 Å². The maximum absolute atomic E-state index is 5.27. The van der Waals surface area contributed by atoms with E-state index >= 15 is 0 Å². The second-order valence-electron chi connectivity index (χ2n) is 6.79. The first-order valence-electron chi connectivity index (χ1n) is 9.35. The average molecular weight is 488 g/mol. The summed E-state index contributed by atoms with van der Waals surface area (Å²) in [5.74, 6) is 4.20. The van der Waals surface area contributed by atoms with Crippen LogP contribution in [0.4, 0.5) is 0 Å². The van der Waals surface area contributed by atoms with E-state index in [0.29, 0.717) is 18.9 Å². The van der Waals surface area contributed by atoms with E-state index in [1.807, 2.05) is 25.5 Å². The second kappa shape index (κ2) is 10.00. The number of nitrogens with zero attached hydrogens (tertiary/aromatic N) is 6. The van der Waals surface area contributed by atoms with Crippen molar-refractivity contribution in [2.75, 3.05) is 13.1 Å². The van der Waals surface area contributed by atoms with Crippen molar-refractivity contribution in [1.29, 1.82) is 0 Å². The van der Waals surface area contributed by atoms with Crippen molar-refractivity contribution in [3.05, 3.63) is 23.4 Å². The van der Waals surface area contributed by atoms with Gasteiger partial charge in [0.1, 0.15) is 11.6 Å². The van der Waals surface area contributed by atoms with Crippen LogP contribution in [-0.4, -0.2) is 44.0 Å². The predicted octanol–water partition coefficient (Wildman–Crippen LogP) is 2.34. The van der Waals surface area contributed by atoms with Gasteiger partial charge < -0.3 is 15.2 Å². The Morgan fingerprint density at radius 1 is 1.37 bits per heavy atom. The lowest BCUT2D eigenvalue weighted by Crippen LogP contribution is -2.41. The van der Waals surface area contributed by atoms with Gasteiger partial charge in [-0.2, -0.15) is 10.1 Å². The van der Waals surface area contributed by atoms with E-state index in [1.54, 1.807) is 0 Å². The molecular formula is C17H29IN8O. The number of fused-ring (bicyclic) bond motifs is 1. The zero-order valence-corrected chi connectivity index (χ0v) is 18.7. The van der Waals surface area contributed by atoms with E-state index in [9.17, 15) is 0 Å². The molecule has 1 atom stereocenters. The van der Waals surface area contributed by atoms with Gasteiger partial charge in [-0.25, -0.2) is 9.67 Å². The number of nitrogens with one attached hydrogen (secondary N) is 2. The molecule has 1 aliphatic rings. The van der Waals surface area contributed by atoms with Gasteiger partial charge in [-0.3, -0.25) is 4.99 Å². The minimum absolute atomic E-state index is 0. The number of guanidine groups is 1. The van der Waals surface area contributed by atoms with E-state index in [1.165, 1.54) is 0 Å². The number of rotatable bonds is 6. The lowest BCUT2D eigenvalue weighted by Gasteiger charge is -2.24. The summed E-state index contributed by atoms with van der Waals surface area (Å²) >= 11 is 0. The Balaban J connectivity index is 0.00000261. The van der Waals surface area contributed by atoms with Gasteiger partial charge in [-0.05, 0) is 26.7 Å². The fourth-order valence-electron chi connectivity index (χ4n) is 2.96. The minimum atomic E-state index is 0. The van der Waals surface area contributed by atoms with Crippen molar-refractivity contribution in [3.63, 3.8) is 0 Å². The zero-order valence-electron chi connectivity index (χ0n) is 16.4. The molecular weight excluding hydrogens is 459 g/mol. The van der Waals surface area contributed by atoms with Crippen LogP contribution in [0, 0.1) is 6.92 Å². The standard InChI is InChI=1S/C17H28N8O.HI/c1-5-18-17(19-9-8-14-22-15(11(2)3)24-26-14)21-13-7-6-10-25-16(13)20-12(4)23-25;/h11,13H,5-10H2,1-4H3,(H2,18,19,21);1H. The highest BCUT2D eigenvalue weighted by Crippen LogP contribution is 2.22. The quantitative estimate of drug-likeness (QED) is 0.365. The van der Waals surface area contributed by atoms with Crippen LogP contribution in [0.25, 0.3) is 0 Å². The van der Waals surface area contributed by atoms with Gasteiger partial charge in [-0.15, -0.1) is 24.0 Å². The van der Waals surface area contributed by atoms with Crippen LogP contribution >= 0.6 is 24.0 Å². The van der Waals surface area contributed by atoms with E-state index in [4.69, 9.17) is 4.52 Å². The predicted molar refractivity (Wildman–Crippen MR) is 113 cm³/mol. The highest BCUT2D eigenvalue weighted by Gasteiger charge is 2.24. The Labute approximate surface area is 176 Å². The van der Waals surface area contributed by atoms with E-state index in [-0.39, 0.29) is 35.9 Å². The molecule has 150 valence electrons. The average Bonchev–Trinajstić information content (AvgIpc) is 3.21. The summed E-state index contributed by atoms with van der Waals surface area (Å²) in [4.78, 5) is 13.6. The highest BCUT2D eigenvalue weighted by molar-refractivity contribution is 14.0. The maximum atomic E-state index is 5.27. The molecule has 9 nitrogen and oxygen atoms in total. The van der Waals surface area contributed by atoms with Gasteiger partial charge >= 0.3 is 0 Å². The Kier molecular flexibility index (Phi) is 7.99. The monoisotopic (exact) mass is 488 g/mol. The molecule has 3 rings (SSSR count). The second-order valence-corrected chi connectivity index (χ2v) is 6.79. The molecule has 0 fully saturated rings. The minimum Gasteiger partial charge on any atom is -0.357 e. The van der Waals surface area contributed by atoms with Gasteiger partial charge in [-0.1, -0.05) is 19.0 Å². The Morgan fingerprint density at radius 3 is 2.89 bits per heavy atom. The van der Waals surface area contributed by atoms with E-state index in [2.05, 4.69) is 42.8 Å². The first-order valence-corrected chi connectivity index (χ1v) is 9.35. The summed E-state index contributed by atoms with van der Waals surface area (Å²) in [7, 11) is 0. The highest BCUT2D eigenvalue weighted by atomic mass is 127. The van der Waals surface area contributed by atoms with Crippen molar-refractivity contribution < 1.29 is 4.52 Å². The maximum Gasteiger partial charge on any atom is 0.228 e. The molecule has 0 spiro atoms. The van der Waals surface area contributed by atoms with Gasteiger partial charge in [0, 0.05) is 25.4 Å². The number of aromatic nitrogens is 5. The first kappa shape index (κ1) is 21.6. The summed E-state index contributed by atoms with van der Waals surface area (Å²) in [6.07, 6.45) is 2.72. The molecule has 2 aromatic heterocycles. The molecule has 27 heavy (non-hydrogen) atoms. The van der Waals surface area contributed by atoms with E-state index < -0.39 is 0 Å². The van der Waals surface area contributed by atoms with Crippen LogP contribution in [0.2, 0.25) is 0 Å². The SMILES string of the molecule is CCNC(=NCCc1nc(C(C)C)no1)NC1CCCn2nc(C)nc21.I. The lowest BCUT2D eigenvalue weighted by molar-refractivity contribution is 0.372. The fourth-order valence-corrected chi connectivity index (χ4v) is 2.96. The van der Waals surface area contributed by atoms with Gasteiger partial charge in [0.05, 0.1) is 12.6 Å². The smallest absolute Gasteiger partial charge is 0.228 e. The molecule has 0 saturated carbocycles. The molecule has 2 aromatic rings. The number of hydrogen-bond acceptors (Lipinski definition) is 6. The summed E-state index contributed by atoms with van der Waals surface area (Å²) in [6, 6.07) is 0.124. The lowest BCUT2D eigenvalue weighted by atomic mass is 10.1. The third-order valence-corrected chi connectivity index (χ3v) is 4.23. The van der Waals surface area contributed by atoms with Crippen molar-refractivity contribution in [3.8, 4) is 0 Å². The molecule has 2 N–H and O–H groups in total. The summed E-state index contributed by atoms with van der Waals surface area (Å²) < 4.78 is 7.27. The van der Waals surface area contributed by atoms with Crippen LogP contribution in [0.3, 0.4) is 0 Å². The summed E-state index contributed by atoms with van der Waals surface area (Å²) in [6.45, 7) is 10.4. The zero-order chi connectivity index (χ0) is 18.5. The number of hydrogen-bond donors (Lipinski definition) is 2. The Morgan fingerprint density at radius 2 is 2.19 bits per heavy atom. The molecule has 0 aromatic carbocycles. The number of aryl methyl sites for hydroxylation is 2. The molecule has 0 amide bonds. The van der Waals surface area contributed by atoms with Crippen LogP contribution in [0.1, 0.15) is 68.9 Å².